The third-order valence-electron chi connectivity index (χ3n) is 10.0. The fourth-order valence-electron chi connectivity index (χ4n) is 5.11. The summed E-state index contributed by atoms with van der Waals surface area (Å²) in [4.78, 5) is 25.4. The van der Waals surface area contributed by atoms with Crippen LogP contribution in [0, 0.1) is 11.8 Å². The molecule has 0 aromatic heterocycles. The molecule has 0 heterocycles. The van der Waals surface area contributed by atoms with Gasteiger partial charge in [-0.25, -0.2) is 0 Å². The lowest BCUT2D eigenvalue weighted by atomic mass is 9.90. The number of carbonyl (C=O) groups is 2. The van der Waals surface area contributed by atoms with E-state index in [9.17, 15) is 22.8 Å². The molecular weight excluding hydrogens is 666 g/mol. The van der Waals surface area contributed by atoms with Gasteiger partial charge >= 0.3 is 12.1 Å². The van der Waals surface area contributed by atoms with E-state index in [1.165, 1.54) is 12.1 Å². The molecule has 4 atom stereocenters. The lowest BCUT2D eigenvalue weighted by Gasteiger charge is -2.40. The second-order valence-electron chi connectivity index (χ2n) is 16.5. The Morgan fingerprint density at radius 1 is 0.980 bits per heavy atom. The minimum Gasteiger partial charge on any atom is -0.491 e. The van der Waals surface area contributed by atoms with Crippen LogP contribution in [0.4, 0.5) is 13.2 Å². The Balaban J connectivity index is 2.37. The monoisotopic (exact) mass is 726 g/mol. The molecule has 0 bridgehead atoms. The molecule has 1 aromatic carbocycles. The third kappa shape index (κ3) is 13.4. The van der Waals surface area contributed by atoms with Crippen LogP contribution in [0.3, 0.4) is 0 Å². The first-order valence-corrected chi connectivity index (χ1v) is 23.4. The molecule has 11 heteroatoms. The molecule has 6 nitrogen and oxygen atoms in total. The van der Waals surface area contributed by atoms with E-state index in [0.29, 0.717) is 32.1 Å². The Hall–Kier alpha value is -2.22. The van der Waals surface area contributed by atoms with Crippen molar-refractivity contribution in [1.29, 1.82) is 0 Å². The van der Waals surface area contributed by atoms with Crippen LogP contribution < -0.4 is 4.74 Å². The minimum absolute atomic E-state index is 0.0164. The van der Waals surface area contributed by atoms with Gasteiger partial charge in [0.25, 0.3) is 0 Å². The zero-order chi connectivity index (χ0) is 37.4. The molecular formula is C38H61F3O6Si2. The van der Waals surface area contributed by atoms with Crippen molar-refractivity contribution in [3.8, 4) is 5.75 Å². The average molecular weight is 727 g/mol. The maximum Gasteiger partial charge on any atom is 0.416 e. The first kappa shape index (κ1) is 42.9. The Labute approximate surface area is 295 Å². The average Bonchev–Trinajstić information content (AvgIpc) is 3.22. The highest BCUT2D eigenvalue weighted by Crippen LogP contribution is 2.43. The largest absolute Gasteiger partial charge is 0.491 e. The third-order valence-corrected chi connectivity index (χ3v) is 19.0. The zero-order valence-corrected chi connectivity index (χ0v) is 33.8. The SMILES string of the molecule is CC(C)OC(=O)CCC/C=C/C[C@H]1C(=O)C[C@@H](O[Si](C)(C)C(C)(C)C)[C@@H]1/C=C/C(COc1cccc(C(F)(F)F)c1)O[Si](C)(C)C(C)(C)C. The fourth-order valence-corrected chi connectivity index (χ4v) is 7.71. The normalized spacial score (nSPS) is 20.5. The van der Waals surface area contributed by atoms with Gasteiger partial charge in [0, 0.05) is 24.7 Å². The summed E-state index contributed by atoms with van der Waals surface area (Å²) >= 11 is 0. The number of unbranched alkanes of at least 4 members (excludes halogenated alkanes) is 1. The molecule has 0 radical (unpaired) electrons. The van der Waals surface area contributed by atoms with E-state index in [1.54, 1.807) is 0 Å². The topological polar surface area (TPSA) is 71.1 Å². The quantitative estimate of drug-likeness (QED) is 0.0731. The van der Waals surface area contributed by atoms with E-state index < -0.39 is 34.5 Å². The number of hydrogen-bond donors (Lipinski definition) is 0. The van der Waals surface area contributed by atoms with Crippen LogP contribution in [0.15, 0.2) is 48.6 Å². The van der Waals surface area contributed by atoms with Gasteiger partial charge in [-0.15, -0.1) is 0 Å². The summed E-state index contributed by atoms with van der Waals surface area (Å²) in [6, 6.07) is 4.86. The Morgan fingerprint density at radius 2 is 1.61 bits per heavy atom. The lowest BCUT2D eigenvalue weighted by Crippen LogP contribution is -2.45. The van der Waals surface area contributed by atoms with Gasteiger partial charge in [0.15, 0.2) is 16.6 Å². The predicted molar refractivity (Wildman–Crippen MR) is 196 cm³/mol. The molecule has 0 spiro atoms. The van der Waals surface area contributed by atoms with E-state index >= 15 is 0 Å². The number of halogens is 3. The minimum atomic E-state index is -4.48. The molecule has 1 aromatic rings. The highest BCUT2D eigenvalue weighted by atomic mass is 28.4. The summed E-state index contributed by atoms with van der Waals surface area (Å²) in [6.45, 7) is 25.2. The molecule has 0 N–H and O–H groups in total. The van der Waals surface area contributed by atoms with Gasteiger partial charge in [0.1, 0.15) is 18.1 Å². The number of ketones is 1. The van der Waals surface area contributed by atoms with E-state index in [4.69, 9.17) is 18.3 Å². The van der Waals surface area contributed by atoms with Gasteiger partial charge in [-0.05, 0) is 87.6 Å². The molecule has 0 amide bonds. The number of Topliss-reactive ketones (excluding diaryl/α,β-unsaturated/α-hetero) is 1. The van der Waals surface area contributed by atoms with E-state index in [1.807, 2.05) is 38.2 Å². The zero-order valence-electron chi connectivity index (χ0n) is 31.8. The highest BCUT2D eigenvalue weighted by molar-refractivity contribution is 6.74. The van der Waals surface area contributed by atoms with Crippen molar-refractivity contribution in [2.75, 3.05) is 6.61 Å². The molecule has 278 valence electrons. The summed E-state index contributed by atoms with van der Waals surface area (Å²) < 4.78 is 64.9. The van der Waals surface area contributed by atoms with Gasteiger partial charge in [0.05, 0.1) is 23.9 Å². The number of hydrogen-bond acceptors (Lipinski definition) is 6. The van der Waals surface area contributed by atoms with Gasteiger partial charge in [-0.3, -0.25) is 9.59 Å². The van der Waals surface area contributed by atoms with Crippen molar-refractivity contribution in [3.63, 3.8) is 0 Å². The van der Waals surface area contributed by atoms with Crippen molar-refractivity contribution in [2.24, 2.45) is 11.8 Å². The van der Waals surface area contributed by atoms with Crippen LogP contribution in [0.2, 0.25) is 36.3 Å². The highest BCUT2D eigenvalue weighted by Gasteiger charge is 2.47. The predicted octanol–water partition coefficient (Wildman–Crippen LogP) is 10.7. The molecule has 0 saturated heterocycles. The molecule has 1 aliphatic carbocycles. The molecule has 1 saturated carbocycles. The van der Waals surface area contributed by atoms with Crippen LogP contribution in [-0.2, 0) is 29.4 Å². The lowest BCUT2D eigenvalue weighted by molar-refractivity contribution is -0.147. The maximum absolute atomic E-state index is 13.5. The maximum atomic E-state index is 13.5. The molecule has 1 aliphatic rings. The van der Waals surface area contributed by atoms with E-state index in [-0.39, 0.29) is 58.2 Å². The number of rotatable bonds is 16. The van der Waals surface area contributed by atoms with Crippen molar-refractivity contribution < 1.29 is 41.1 Å². The Kier molecular flexibility index (Phi) is 15.2. The van der Waals surface area contributed by atoms with Crippen molar-refractivity contribution in [1.82, 2.24) is 0 Å². The van der Waals surface area contributed by atoms with Crippen LogP contribution in [0.5, 0.6) is 5.75 Å². The second kappa shape index (κ2) is 17.3. The second-order valence-corrected chi connectivity index (χ2v) is 26.1. The first-order valence-electron chi connectivity index (χ1n) is 17.6. The summed E-state index contributed by atoms with van der Waals surface area (Å²) in [6.07, 6.45) is 5.09. The number of allylic oxidation sites excluding steroid dienone is 2. The fraction of sp³-hybridized carbons (Fsp3) is 0.684. The van der Waals surface area contributed by atoms with Crippen LogP contribution in [0.1, 0.15) is 93.1 Å². The molecule has 0 aliphatic heterocycles. The summed E-state index contributed by atoms with van der Waals surface area (Å²) in [5, 5.41) is -0.169. The molecule has 2 rings (SSSR count). The van der Waals surface area contributed by atoms with Gasteiger partial charge in [0.2, 0.25) is 0 Å². The van der Waals surface area contributed by atoms with Crippen LogP contribution in [0.25, 0.3) is 0 Å². The van der Waals surface area contributed by atoms with Crippen molar-refractivity contribution in [3.05, 3.63) is 54.1 Å². The van der Waals surface area contributed by atoms with Crippen molar-refractivity contribution >= 4 is 28.4 Å². The number of carbonyl (C=O) groups excluding carboxylic acids is 2. The van der Waals surface area contributed by atoms with E-state index in [0.717, 1.165) is 12.1 Å². The number of esters is 1. The van der Waals surface area contributed by atoms with Crippen LogP contribution in [-0.4, -0.2) is 53.3 Å². The summed E-state index contributed by atoms with van der Waals surface area (Å²) in [5.74, 6) is -0.470. The Morgan fingerprint density at radius 3 is 2.18 bits per heavy atom. The number of benzene rings is 1. The van der Waals surface area contributed by atoms with Gasteiger partial charge in [-0.2, -0.15) is 13.2 Å². The number of alkyl halides is 3. The molecule has 49 heavy (non-hydrogen) atoms. The Bertz CT molecular complexity index is 1290. The molecule has 1 unspecified atom stereocenters. The van der Waals surface area contributed by atoms with E-state index in [2.05, 4.69) is 67.7 Å². The standard InChI is InChI=1S/C38H61F3O6Si2/c1-27(2)45-35(43)21-16-14-13-15-20-31-32(34(25-33(31)42)47-49(11,12)37(6,7)8)23-22-30(46-48(9,10)36(3,4)5)26-44-29-19-17-18-28(24-29)38(39,40)41/h13,15,17-19,22-24,27,30-32,34H,14,16,20-21,25-26H2,1-12H3/b15-13+,23-22+/t30?,31-,32-,34-/m1/s1. The first-order chi connectivity index (χ1) is 22.3. The summed E-state index contributed by atoms with van der Waals surface area (Å²) in [7, 11) is -4.56. The molecule has 1 fully saturated rings. The van der Waals surface area contributed by atoms with Gasteiger partial charge in [-0.1, -0.05) is 71.9 Å². The summed E-state index contributed by atoms with van der Waals surface area (Å²) in [5.41, 5.74) is -0.774. The van der Waals surface area contributed by atoms with Crippen LogP contribution >= 0.6 is 0 Å². The van der Waals surface area contributed by atoms with Crippen molar-refractivity contribution in [2.45, 2.75) is 148 Å². The number of ether oxygens (including phenoxy) is 2. The van der Waals surface area contributed by atoms with Gasteiger partial charge < -0.3 is 18.3 Å². The smallest absolute Gasteiger partial charge is 0.416 e.